The van der Waals surface area contributed by atoms with Crippen LogP contribution in [0.5, 0.6) is 0 Å². The lowest BCUT2D eigenvalue weighted by atomic mass is 10.0. The van der Waals surface area contributed by atoms with Crippen molar-refractivity contribution in [1.82, 2.24) is 5.32 Å². The summed E-state index contributed by atoms with van der Waals surface area (Å²) in [4.78, 5) is 0. The molecule has 2 heteroatoms. The van der Waals surface area contributed by atoms with Crippen molar-refractivity contribution in [2.24, 2.45) is 0 Å². The largest absolute Gasteiger partial charge is 0.316 e. The maximum absolute atomic E-state index is 4.15. The van der Waals surface area contributed by atoms with E-state index >= 15 is 0 Å². The predicted molar refractivity (Wildman–Crippen MR) is 71.0 cm³/mol. The molecule has 1 aromatic rings. The third kappa shape index (κ3) is 4.72. The van der Waals surface area contributed by atoms with Crippen LogP contribution in [-0.2, 0) is 6.42 Å². The molecule has 0 aromatic heterocycles. The highest BCUT2D eigenvalue weighted by Crippen LogP contribution is 2.14. The fourth-order valence-corrected chi connectivity index (χ4v) is 1.66. The van der Waals surface area contributed by atoms with Gasteiger partial charge in [0.1, 0.15) is 0 Å². The summed E-state index contributed by atoms with van der Waals surface area (Å²) < 4.78 is 0. The van der Waals surface area contributed by atoms with Crippen LogP contribution in [0.2, 0.25) is 0 Å². The van der Waals surface area contributed by atoms with E-state index in [4.69, 9.17) is 0 Å². The molecule has 0 saturated heterocycles. The summed E-state index contributed by atoms with van der Waals surface area (Å²) in [6, 6.07) is 8.94. The molecule has 0 amide bonds. The molecule has 0 spiro atoms. The van der Waals surface area contributed by atoms with Gasteiger partial charge in [-0.1, -0.05) is 38.1 Å². The van der Waals surface area contributed by atoms with Crippen LogP contribution in [0.4, 0.5) is 0 Å². The highest BCUT2D eigenvalue weighted by molar-refractivity contribution is 7.80. The van der Waals surface area contributed by atoms with Gasteiger partial charge >= 0.3 is 0 Å². The van der Waals surface area contributed by atoms with Crippen molar-refractivity contribution < 1.29 is 0 Å². The Bertz CT molecular complexity index is 266. The van der Waals surface area contributed by atoms with Gasteiger partial charge in [-0.2, -0.15) is 12.6 Å². The van der Waals surface area contributed by atoms with Gasteiger partial charge in [0.2, 0.25) is 0 Å². The first-order valence-electron chi connectivity index (χ1n) is 5.64. The minimum atomic E-state index is 0.626. The molecule has 0 aliphatic rings. The molecule has 0 fully saturated rings. The lowest BCUT2D eigenvalue weighted by molar-refractivity contribution is 0.721. The van der Waals surface area contributed by atoms with Crippen LogP contribution in [0, 0.1) is 0 Å². The van der Waals surface area contributed by atoms with Crippen LogP contribution in [0.3, 0.4) is 0 Å². The second kappa shape index (κ2) is 6.91. The van der Waals surface area contributed by atoms with Gasteiger partial charge in [-0.15, -0.1) is 0 Å². The fraction of sp³-hybridized carbons (Fsp3) is 0.538. The summed E-state index contributed by atoms with van der Waals surface area (Å²) in [5.74, 6) is 1.54. The Labute approximate surface area is 98.7 Å². The highest BCUT2D eigenvalue weighted by Gasteiger charge is 1.98. The first-order valence-corrected chi connectivity index (χ1v) is 6.27. The van der Waals surface area contributed by atoms with Gasteiger partial charge < -0.3 is 5.32 Å². The standard InChI is InChI=1S/C13H21NS/c1-11(2)13-5-3-12(4-6-13)7-8-14-9-10-15/h3-6,11,14-15H,7-10H2,1-2H3. The van der Waals surface area contributed by atoms with Crippen LogP contribution in [-0.4, -0.2) is 18.8 Å². The molecule has 0 heterocycles. The Hall–Kier alpha value is -0.470. The molecular formula is C13H21NS. The summed E-state index contributed by atoms with van der Waals surface area (Å²) in [7, 11) is 0. The second-order valence-corrected chi connectivity index (χ2v) is 4.57. The van der Waals surface area contributed by atoms with Crippen LogP contribution < -0.4 is 5.32 Å². The van der Waals surface area contributed by atoms with E-state index < -0.39 is 0 Å². The summed E-state index contributed by atoms with van der Waals surface area (Å²) in [6.07, 6.45) is 1.10. The van der Waals surface area contributed by atoms with E-state index in [0.29, 0.717) is 5.92 Å². The number of hydrogen-bond acceptors (Lipinski definition) is 2. The zero-order valence-electron chi connectivity index (χ0n) is 9.66. The third-order valence-electron chi connectivity index (χ3n) is 2.53. The van der Waals surface area contributed by atoms with E-state index in [1.54, 1.807) is 0 Å². The quantitative estimate of drug-likeness (QED) is 0.558. The number of thiol groups is 1. The lowest BCUT2D eigenvalue weighted by Crippen LogP contribution is -2.19. The van der Waals surface area contributed by atoms with Crippen molar-refractivity contribution in [3.63, 3.8) is 0 Å². The molecule has 0 radical (unpaired) electrons. The minimum absolute atomic E-state index is 0.626. The van der Waals surface area contributed by atoms with E-state index in [0.717, 1.165) is 25.3 Å². The molecular weight excluding hydrogens is 202 g/mol. The second-order valence-electron chi connectivity index (χ2n) is 4.12. The first-order chi connectivity index (χ1) is 7.24. The van der Waals surface area contributed by atoms with Crippen LogP contribution >= 0.6 is 12.6 Å². The molecule has 15 heavy (non-hydrogen) atoms. The van der Waals surface area contributed by atoms with Gasteiger partial charge in [-0.25, -0.2) is 0 Å². The average Bonchev–Trinajstić information content (AvgIpc) is 2.25. The van der Waals surface area contributed by atoms with Gasteiger partial charge in [0.05, 0.1) is 0 Å². The Kier molecular flexibility index (Phi) is 5.81. The van der Waals surface area contributed by atoms with Crippen molar-refractivity contribution in [3.05, 3.63) is 35.4 Å². The molecule has 1 aromatic carbocycles. The van der Waals surface area contributed by atoms with Crippen LogP contribution in [0.25, 0.3) is 0 Å². The lowest BCUT2D eigenvalue weighted by Gasteiger charge is -2.07. The zero-order chi connectivity index (χ0) is 11.1. The number of hydrogen-bond donors (Lipinski definition) is 2. The number of nitrogens with one attached hydrogen (secondary N) is 1. The minimum Gasteiger partial charge on any atom is -0.316 e. The smallest absolute Gasteiger partial charge is 0.00398 e. The molecule has 0 unspecified atom stereocenters. The van der Waals surface area contributed by atoms with Gasteiger partial charge in [0, 0.05) is 12.3 Å². The molecule has 1 nitrogen and oxygen atoms in total. The van der Waals surface area contributed by atoms with Crippen LogP contribution in [0.15, 0.2) is 24.3 Å². The van der Waals surface area contributed by atoms with Crippen molar-refractivity contribution >= 4 is 12.6 Å². The van der Waals surface area contributed by atoms with Crippen molar-refractivity contribution in [1.29, 1.82) is 0 Å². The summed E-state index contributed by atoms with van der Waals surface area (Å²) in [6.45, 7) is 6.49. The van der Waals surface area contributed by atoms with Crippen molar-refractivity contribution in [2.75, 3.05) is 18.8 Å². The molecule has 1 N–H and O–H groups in total. The van der Waals surface area contributed by atoms with E-state index in [2.05, 4.69) is 56.1 Å². The molecule has 0 atom stereocenters. The molecule has 0 saturated carbocycles. The number of rotatable bonds is 6. The van der Waals surface area contributed by atoms with Crippen molar-refractivity contribution in [2.45, 2.75) is 26.2 Å². The topological polar surface area (TPSA) is 12.0 Å². The van der Waals surface area contributed by atoms with Gasteiger partial charge in [0.25, 0.3) is 0 Å². The normalized spacial score (nSPS) is 10.9. The maximum atomic E-state index is 4.15. The maximum Gasteiger partial charge on any atom is 0.00398 e. The third-order valence-corrected chi connectivity index (χ3v) is 2.75. The van der Waals surface area contributed by atoms with E-state index in [1.807, 2.05) is 0 Å². The SMILES string of the molecule is CC(C)c1ccc(CCNCCS)cc1. The van der Waals surface area contributed by atoms with Crippen LogP contribution in [0.1, 0.15) is 30.9 Å². The summed E-state index contributed by atoms with van der Waals surface area (Å²) in [5, 5.41) is 3.34. The van der Waals surface area contributed by atoms with Gasteiger partial charge in [-0.3, -0.25) is 0 Å². The number of benzene rings is 1. The van der Waals surface area contributed by atoms with Crippen molar-refractivity contribution in [3.8, 4) is 0 Å². The van der Waals surface area contributed by atoms with E-state index in [9.17, 15) is 0 Å². The summed E-state index contributed by atoms with van der Waals surface area (Å²) in [5.41, 5.74) is 2.83. The Balaban J connectivity index is 2.36. The molecule has 84 valence electrons. The molecule has 0 bridgehead atoms. The molecule has 0 aliphatic heterocycles. The first kappa shape index (κ1) is 12.6. The highest BCUT2D eigenvalue weighted by atomic mass is 32.1. The Morgan fingerprint density at radius 2 is 1.80 bits per heavy atom. The van der Waals surface area contributed by atoms with E-state index in [1.165, 1.54) is 11.1 Å². The predicted octanol–water partition coefficient (Wildman–Crippen LogP) is 2.87. The monoisotopic (exact) mass is 223 g/mol. The fourth-order valence-electron chi connectivity index (χ4n) is 1.51. The average molecular weight is 223 g/mol. The molecule has 1 rings (SSSR count). The Morgan fingerprint density at radius 1 is 1.13 bits per heavy atom. The zero-order valence-corrected chi connectivity index (χ0v) is 10.6. The van der Waals surface area contributed by atoms with E-state index in [-0.39, 0.29) is 0 Å². The summed E-state index contributed by atoms with van der Waals surface area (Å²) >= 11 is 4.15. The molecule has 0 aliphatic carbocycles. The van der Waals surface area contributed by atoms with Gasteiger partial charge in [-0.05, 0) is 30.0 Å². The Morgan fingerprint density at radius 3 is 2.33 bits per heavy atom. The van der Waals surface area contributed by atoms with Gasteiger partial charge in [0.15, 0.2) is 0 Å².